The molecule has 0 aromatic heterocycles. The summed E-state index contributed by atoms with van der Waals surface area (Å²) in [5.74, 6) is 0.450. The van der Waals surface area contributed by atoms with Crippen LogP contribution in [-0.4, -0.2) is 33.4 Å². The average molecular weight is 280 g/mol. The molecule has 5 heteroatoms. The van der Waals surface area contributed by atoms with Crippen molar-refractivity contribution in [3.05, 3.63) is 35.4 Å². The fourth-order valence-electron chi connectivity index (χ4n) is 3.34. The largest absolute Gasteiger partial charge is 0.278 e. The quantitative estimate of drug-likeness (QED) is 0.903. The van der Waals surface area contributed by atoms with Crippen molar-refractivity contribution >= 4 is 10.2 Å². The van der Waals surface area contributed by atoms with Gasteiger partial charge in [0.25, 0.3) is 10.2 Å². The van der Waals surface area contributed by atoms with Gasteiger partial charge in [-0.15, -0.1) is 0 Å². The molecule has 0 amide bonds. The van der Waals surface area contributed by atoms with Gasteiger partial charge in [0.05, 0.1) is 0 Å². The van der Waals surface area contributed by atoms with Crippen molar-refractivity contribution in [2.24, 2.45) is 5.92 Å². The van der Waals surface area contributed by atoms with E-state index in [1.165, 1.54) is 21.9 Å². The van der Waals surface area contributed by atoms with Crippen molar-refractivity contribution in [1.29, 1.82) is 0 Å². The number of nitrogens with zero attached hydrogens (tertiary/aromatic N) is 1. The Labute approximate surface area is 115 Å². The summed E-state index contributed by atoms with van der Waals surface area (Å²) in [6.45, 7) is 0.550. The van der Waals surface area contributed by atoms with Crippen LogP contribution in [-0.2, 0) is 22.0 Å². The minimum absolute atomic E-state index is 0.255. The van der Waals surface area contributed by atoms with Gasteiger partial charge in [0.15, 0.2) is 0 Å². The Balaban J connectivity index is 1.70. The van der Waals surface area contributed by atoms with Crippen LogP contribution in [0.25, 0.3) is 0 Å². The van der Waals surface area contributed by atoms with E-state index in [2.05, 4.69) is 29.0 Å². The van der Waals surface area contributed by atoms with Crippen molar-refractivity contribution in [3.8, 4) is 0 Å². The molecule has 0 unspecified atom stereocenters. The van der Waals surface area contributed by atoms with Gasteiger partial charge in [-0.2, -0.15) is 12.7 Å². The van der Waals surface area contributed by atoms with Gasteiger partial charge in [0.2, 0.25) is 0 Å². The number of hydrogen-bond donors (Lipinski definition) is 1. The van der Waals surface area contributed by atoms with Crippen molar-refractivity contribution in [1.82, 2.24) is 9.03 Å². The third-order valence-electron chi connectivity index (χ3n) is 4.62. The summed E-state index contributed by atoms with van der Waals surface area (Å²) in [6.07, 6.45) is 3.41. The molecule has 0 heterocycles. The first-order valence-corrected chi connectivity index (χ1v) is 8.15. The monoisotopic (exact) mass is 280 g/mol. The van der Waals surface area contributed by atoms with Gasteiger partial charge < -0.3 is 0 Å². The van der Waals surface area contributed by atoms with Crippen molar-refractivity contribution in [2.75, 3.05) is 20.6 Å². The van der Waals surface area contributed by atoms with Crippen LogP contribution < -0.4 is 4.72 Å². The van der Waals surface area contributed by atoms with E-state index < -0.39 is 10.2 Å². The maximum Gasteiger partial charge on any atom is 0.278 e. The second kappa shape index (κ2) is 4.30. The molecule has 1 spiro atoms. The standard InChI is InChI=1S/C14H20N2O2S/c1-16(2)19(17,18)15-10-12-9-14(12)8-7-11-5-3-4-6-13(11)14/h3-6,12,15H,7-10H2,1-2H3/t12-,14-/m1/s1. The minimum atomic E-state index is -3.29. The van der Waals surface area contributed by atoms with Crippen LogP contribution >= 0.6 is 0 Å². The molecule has 1 saturated carbocycles. The highest BCUT2D eigenvalue weighted by atomic mass is 32.2. The van der Waals surface area contributed by atoms with Crippen LogP contribution in [0.1, 0.15) is 24.0 Å². The van der Waals surface area contributed by atoms with E-state index in [0.717, 1.165) is 12.8 Å². The molecule has 19 heavy (non-hydrogen) atoms. The number of benzene rings is 1. The van der Waals surface area contributed by atoms with Crippen LogP contribution in [0.5, 0.6) is 0 Å². The molecular weight excluding hydrogens is 260 g/mol. The first-order chi connectivity index (χ1) is 8.96. The third-order valence-corrected chi connectivity index (χ3v) is 6.11. The lowest BCUT2D eigenvalue weighted by atomic mass is 9.95. The zero-order valence-electron chi connectivity index (χ0n) is 11.4. The SMILES string of the molecule is CN(C)S(=O)(=O)NC[C@H]1C[C@]12CCc1ccccc12. The molecule has 0 radical (unpaired) electrons. The molecule has 3 rings (SSSR count). The highest BCUT2D eigenvalue weighted by molar-refractivity contribution is 7.87. The molecule has 2 aliphatic carbocycles. The van der Waals surface area contributed by atoms with E-state index in [9.17, 15) is 8.42 Å². The smallest absolute Gasteiger partial charge is 0.202 e. The highest BCUT2D eigenvalue weighted by Gasteiger charge is 2.57. The van der Waals surface area contributed by atoms with Crippen molar-refractivity contribution in [2.45, 2.75) is 24.7 Å². The van der Waals surface area contributed by atoms with Crippen molar-refractivity contribution < 1.29 is 8.42 Å². The zero-order chi connectivity index (χ0) is 13.7. The normalized spacial score (nSPS) is 28.9. The number of hydrogen-bond acceptors (Lipinski definition) is 2. The van der Waals surface area contributed by atoms with E-state index in [1.54, 1.807) is 14.1 Å². The van der Waals surface area contributed by atoms with Gasteiger partial charge in [0.1, 0.15) is 0 Å². The molecule has 2 aliphatic rings. The predicted molar refractivity (Wildman–Crippen MR) is 75.2 cm³/mol. The summed E-state index contributed by atoms with van der Waals surface area (Å²) in [6, 6.07) is 8.58. The maximum absolute atomic E-state index is 11.7. The average Bonchev–Trinajstić information content (AvgIpc) is 2.96. The Morgan fingerprint density at radius 1 is 1.37 bits per heavy atom. The van der Waals surface area contributed by atoms with Gasteiger partial charge in [-0.25, -0.2) is 4.72 Å². The summed E-state index contributed by atoms with van der Waals surface area (Å²) in [5.41, 5.74) is 3.15. The third kappa shape index (κ3) is 2.10. The number of rotatable bonds is 4. The molecule has 104 valence electrons. The molecule has 0 bridgehead atoms. The number of aryl methyl sites for hydroxylation is 1. The van der Waals surface area contributed by atoms with Crippen LogP contribution in [0.15, 0.2) is 24.3 Å². The maximum atomic E-state index is 11.7. The number of nitrogens with one attached hydrogen (secondary N) is 1. The van der Waals surface area contributed by atoms with Crippen LogP contribution in [0, 0.1) is 5.92 Å². The fourth-order valence-corrected chi connectivity index (χ4v) is 4.01. The van der Waals surface area contributed by atoms with Gasteiger partial charge in [-0.05, 0) is 36.3 Å². The summed E-state index contributed by atoms with van der Waals surface area (Å²) in [4.78, 5) is 0. The van der Waals surface area contributed by atoms with E-state index in [1.807, 2.05) is 0 Å². The molecule has 2 atom stereocenters. The first kappa shape index (κ1) is 13.1. The molecule has 1 aromatic carbocycles. The van der Waals surface area contributed by atoms with Crippen LogP contribution in [0.3, 0.4) is 0 Å². The Morgan fingerprint density at radius 2 is 2.11 bits per heavy atom. The molecule has 0 aliphatic heterocycles. The minimum Gasteiger partial charge on any atom is -0.202 e. The lowest BCUT2D eigenvalue weighted by Gasteiger charge is -2.14. The number of fused-ring (bicyclic) bond motifs is 2. The van der Waals surface area contributed by atoms with Crippen molar-refractivity contribution in [3.63, 3.8) is 0 Å². The molecule has 0 saturated heterocycles. The molecule has 4 nitrogen and oxygen atoms in total. The molecule has 1 fully saturated rings. The second-order valence-corrected chi connectivity index (χ2v) is 7.82. The lowest BCUT2D eigenvalue weighted by Crippen LogP contribution is -2.37. The predicted octanol–water partition coefficient (Wildman–Crippen LogP) is 1.29. The Hall–Kier alpha value is -0.910. The van der Waals surface area contributed by atoms with Crippen LogP contribution in [0.4, 0.5) is 0 Å². The first-order valence-electron chi connectivity index (χ1n) is 6.71. The van der Waals surface area contributed by atoms with E-state index in [-0.39, 0.29) is 5.41 Å². The highest BCUT2D eigenvalue weighted by Crippen LogP contribution is 2.61. The molecule has 1 N–H and O–H groups in total. The van der Waals surface area contributed by atoms with Gasteiger partial charge in [-0.3, -0.25) is 0 Å². The van der Waals surface area contributed by atoms with Crippen LogP contribution in [0.2, 0.25) is 0 Å². The Morgan fingerprint density at radius 3 is 2.84 bits per heavy atom. The van der Waals surface area contributed by atoms with E-state index in [0.29, 0.717) is 12.5 Å². The van der Waals surface area contributed by atoms with Gasteiger partial charge in [0, 0.05) is 26.1 Å². The second-order valence-electron chi connectivity index (χ2n) is 5.85. The topological polar surface area (TPSA) is 49.4 Å². The Bertz CT molecular complexity index is 597. The fraction of sp³-hybridized carbons (Fsp3) is 0.571. The molecule has 1 aromatic rings. The van der Waals surface area contributed by atoms with E-state index >= 15 is 0 Å². The molecular formula is C14H20N2O2S. The summed E-state index contributed by atoms with van der Waals surface area (Å²) >= 11 is 0. The Kier molecular flexibility index (Phi) is 2.96. The van der Waals surface area contributed by atoms with Gasteiger partial charge in [-0.1, -0.05) is 24.3 Å². The summed E-state index contributed by atoms with van der Waals surface area (Å²) in [5, 5.41) is 0. The summed E-state index contributed by atoms with van der Waals surface area (Å²) in [7, 11) is -0.191. The van der Waals surface area contributed by atoms with E-state index in [4.69, 9.17) is 0 Å². The summed E-state index contributed by atoms with van der Waals surface area (Å²) < 4.78 is 27.4. The van der Waals surface area contributed by atoms with Gasteiger partial charge >= 0.3 is 0 Å². The lowest BCUT2D eigenvalue weighted by molar-refractivity contribution is 0.496. The zero-order valence-corrected chi connectivity index (χ0v) is 12.2.